The maximum Gasteiger partial charge on any atom is 0.0794 e. The SMILES string of the molecule is O=S(Cc1cncs1)CC1CCCNC1. The molecule has 1 aliphatic heterocycles. The Labute approximate surface area is 96.8 Å². The van der Waals surface area contributed by atoms with E-state index in [1.54, 1.807) is 16.8 Å². The Balaban J connectivity index is 1.76. The number of nitrogens with one attached hydrogen (secondary N) is 1. The van der Waals surface area contributed by atoms with Crippen molar-refractivity contribution < 1.29 is 4.21 Å². The van der Waals surface area contributed by atoms with Gasteiger partial charge in [-0.2, -0.15) is 0 Å². The molecule has 0 saturated carbocycles. The van der Waals surface area contributed by atoms with Crippen LogP contribution in [-0.2, 0) is 16.6 Å². The molecule has 0 aromatic carbocycles. The van der Waals surface area contributed by atoms with Crippen LogP contribution in [0.15, 0.2) is 11.7 Å². The summed E-state index contributed by atoms with van der Waals surface area (Å²) in [6, 6.07) is 0. The smallest absolute Gasteiger partial charge is 0.0794 e. The van der Waals surface area contributed by atoms with E-state index >= 15 is 0 Å². The van der Waals surface area contributed by atoms with Gasteiger partial charge in [-0.05, 0) is 31.8 Å². The molecule has 5 heteroatoms. The molecule has 1 aromatic heterocycles. The molecule has 1 aliphatic rings. The van der Waals surface area contributed by atoms with E-state index in [4.69, 9.17) is 0 Å². The summed E-state index contributed by atoms with van der Waals surface area (Å²) < 4.78 is 11.8. The van der Waals surface area contributed by atoms with Crippen LogP contribution in [-0.4, -0.2) is 28.0 Å². The molecular weight excluding hydrogens is 228 g/mol. The van der Waals surface area contributed by atoms with Gasteiger partial charge in [-0.1, -0.05) is 0 Å². The third-order valence-electron chi connectivity index (χ3n) is 2.61. The van der Waals surface area contributed by atoms with Gasteiger partial charge in [-0.25, -0.2) is 0 Å². The number of thiazole rings is 1. The lowest BCUT2D eigenvalue weighted by Crippen LogP contribution is -2.32. The molecule has 0 radical (unpaired) electrons. The Morgan fingerprint density at radius 1 is 1.67 bits per heavy atom. The van der Waals surface area contributed by atoms with Crippen molar-refractivity contribution >= 4 is 22.1 Å². The fourth-order valence-electron chi connectivity index (χ4n) is 1.86. The van der Waals surface area contributed by atoms with Crippen molar-refractivity contribution in [3.05, 3.63) is 16.6 Å². The fraction of sp³-hybridized carbons (Fsp3) is 0.700. The van der Waals surface area contributed by atoms with E-state index in [0.29, 0.717) is 11.7 Å². The van der Waals surface area contributed by atoms with Crippen LogP contribution in [0.4, 0.5) is 0 Å². The Morgan fingerprint density at radius 3 is 3.27 bits per heavy atom. The van der Waals surface area contributed by atoms with E-state index in [1.807, 2.05) is 6.20 Å². The van der Waals surface area contributed by atoms with Gasteiger partial charge in [0.05, 0.1) is 11.3 Å². The minimum Gasteiger partial charge on any atom is -0.316 e. The summed E-state index contributed by atoms with van der Waals surface area (Å²) in [5.74, 6) is 2.12. The van der Waals surface area contributed by atoms with Crippen molar-refractivity contribution in [2.45, 2.75) is 18.6 Å². The minimum atomic E-state index is -0.717. The van der Waals surface area contributed by atoms with Gasteiger partial charge in [-0.15, -0.1) is 11.3 Å². The highest BCUT2D eigenvalue weighted by Crippen LogP contribution is 2.14. The van der Waals surface area contributed by atoms with Crippen LogP contribution >= 0.6 is 11.3 Å². The molecule has 15 heavy (non-hydrogen) atoms. The number of piperidine rings is 1. The van der Waals surface area contributed by atoms with Crippen LogP contribution in [0.2, 0.25) is 0 Å². The van der Waals surface area contributed by atoms with Crippen molar-refractivity contribution in [1.82, 2.24) is 10.3 Å². The molecule has 2 atom stereocenters. The molecule has 2 heterocycles. The molecule has 0 spiro atoms. The van der Waals surface area contributed by atoms with Crippen LogP contribution in [0.5, 0.6) is 0 Å². The first-order valence-electron chi connectivity index (χ1n) is 5.27. The average molecular weight is 244 g/mol. The Kier molecular flexibility index (Phi) is 4.29. The van der Waals surface area contributed by atoms with Gasteiger partial charge < -0.3 is 5.32 Å². The molecule has 2 unspecified atom stereocenters. The van der Waals surface area contributed by atoms with E-state index in [-0.39, 0.29) is 0 Å². The number of rotatable bonds is 4. The summed E-state index contributed by atoms with van der Waals surface area (Å²) in [7, 11) is -0.717. The van der Waals surface area contributed by atoms with Gasteiger partial charge in [0.1, 0.15) is 0 Å². The standard InChI is InChI=1S/C10H16N2OS2/c13-15(7-10-5-12-8-14-10)6-9-2-1-3-11-4-9/h5,8-9,11H,1-4,6-7H2. The first-order chi connectivity index (χ1) is 7.34. The monoisotopic (exact) mass is 244 g/mol. The fourth-order valence-corrected chi connectivity index (χ4v) is 4.23. The lowest BCUT2D eigenvalue weighted by atomic mass is 10.0. The van der Waals surface area contributed by atoms with Gasteiger partial charge >= 0.3 is 0 Å². The van der Waals surface area contributed by atoms with E-state index in [2.05, 4.69) is 10.3 Å². The van der Waals surface area contributed by atoms with Gasteiger partial charge in [0.15, 0.2) is 0 Å². The first-order valence-corrected chi connectivity index (χ1v) is 7.64. The van der Waals surface area contributed by atoms with Gasteiger partial charge in [0.25, 0.3) is 0 Å². The Morgan fingerprint density at radius 2 is 2.60 bits per heavy atom. The normalized spacial score (nSPS) is 23.9. The number of nitrogens with zero attached hydrogens (tertiary/aromatic N) is 1. The minimum absolute atomic E-state index is 0.604. The Bertz CT molecular complexity index is 307. The molecule has 1 fully saturated rings. The lowest BCUT2D eigenvalue weighted by molar-refractivity contribution is 0.408. The maximum absolute atomic E-state index is 11.8. The number of aromatic nitrogens is 1. The second-order valence-electron chi connectivity index (χ2n) is 3.93. The van der Waals surface area contributed by atoms with E-state index in [1.165, 1.54) is 12.8 Å². The quantitative estimate of drug-likeness (QED) is 0.870. The highest BCUT2D eigenvalue weighted by atomic mass is 32.2. The summed E-state index contributed by atoms with van der Waals surface area (Å²) in [4.78, 5) is 5.13. The zero-order valence-electron chi connectivity index (χ0n) is 8.65. The second kappa shape index (κ2) is 5.72. The molecule has 1 N–H and O–H groups in total. The van der Waals surface area contributed by atoms with E-state index < -0.39 is 10.8 Å². The highest BCUT2D eigenvalue weighted by molar-refractivity contribution is 7.84. The molecular formula is C10H16N2OS2. The number of hydrogen-bond acceptors (Lipinski definition) is 4. The van der Waals surface area contributed by atoms with E-state index in [9.17, 15) is 4.21 Å². The Hall–Kier alpha value is -0.260. The van der Waals surface area contributed by atoms with Gasteiger partial charge in [-0.3, -0.25) is 9.19 Å². The predicted octanol–water partition coefficient (Wildman–Crippen LogP) is 1.39. The topological polar surface area (TPSA) is 42.0 Å². The summed E-state index contributed by atoms with van der Waals surface area (Å²) in [6.07, 6.45) is 4.27. The molecule has 0 aliphatic carbocycles. The number of hydrogen-bond donors (Lipinski definition) is 1. The van der Waals surface area contributed by atoms with Crippen molar-refractivity contribution in [2.24, 2.45) is 5.92 Å². The van der Waals surface area contributed by atoms with Gasteiger partial charge in [0.2, 0.25) is 0 Å². The van der Waals surface area contributed by atoms with E-state index in [0.717, 1.165) is 23.7 Å². The maximum atomic E-state index is 11.8. The van der Waals surface area contributed by atoms with Gasteiger partial charge in [0, 0.05) is 27.6 Å². The lowest BCUT2D eigenvalue weighted by Gasteiger charge is -2.21. The molecule has 3 nitrogen and oxygen atoms in total. The summed E-state index contributed by atoms with van der Waals surface area (Å²) in [5, 5.41) is 3.35. The highest BCUT2D eigenvalue weighted by Gasteiger charge is 2.16. The van der Waals surface area contributed by atoms with Crippen molar-refractivity contribution in [3.63, 3.8) is 0 Å². The first kappa shape index (κ1) is 11.2. The zero-order valence-corrected chi connectivity index (χ0v) is 10.3. The average Bonchev–Trinajstić information content (AvgIpc) is 2.71. The van der Waals surface area contributed by atoms with Crippen LogP contribution in [0.25, 0.3) is 0 Å². The molecule has 1 saturated heterocycles. The van der Waals surface area contributed by atoms with Crippen molar-refractivity contribution in [2.75, 3.05) is 18.8 Å². The van der Waals surface area contributed by atoms with Crippen LogP contribution in [0, 0.1) is 5.92 Å². The molecule has 0 bridgehead atoms. The molecule has 1 aromatic rings. The largest absolute Gasteiger partial charge is 0.316 e. The van der Waals surface area contributed by atoms with Crippen molar-refractivity contribution in [3.8, 4) is 0 Å². The zero-order chi connectivity index (χ0) is 10.5. The van der Waals surface area contributed by atoms with Crippen LogP contribution in [0.3, 0.4) is 0 Å². The summed E-state index contributed by atoms with van der Waals surface area (Å²) >= 11 is 1.59. The molecule has 84 valence electrons. The molecule has 2 rings (SSSR count). The van der Waals surface area contributed by atoms with Crippen LogP contribution < -0.4 is 5.32 Å². The van der Waals surface area contributed by atoms with Crippen molar-refractivity contribution in [1.29, 1.82) is 0 Å². The third kappa shape index (κ3) is 3.66. The predicted molar refractivity (Wildman–Crippen MR) is 64.4 cm³/mol. The molecule has 0 amide bonds. The summed E-state index contributed by atoms with van der Waals surface area (Å²) in [6.45, 7) is 2.16. The summed E-state index contributed by atoms with van der Waals surface area (Å²) in [5.41, 5.74) is 1.80. The third-order valence-corrected chi connectivity index (χ3v) is 5.05. The van der Waals surface area contributed by atoms with Crippen LogP contribution in [0.1, 0.15) is 17.7 Å². The second-order valence-corrected chi connectivity index (χ2v) is 6.40.